The zero-order valence-electron chi connectivity index (χ0n) is 21.8. The van der Waals surface area contributed by atoms with Gasteiger partial charge < -0.3 is 26.6 Å². The molecule has 2 aliphatic rings. The topological polar surface area (TPSA) is 164 Å². The minimum atomic E-state index is -0.806. The number of Topliss-reactive ketones (excluding diaryl/α,β-unsaturated/α-hetero) is 1. The van der Waals surface area contributed by atoms with Crippen molar-refractivity contribution in [1.29, 1.82) is 0 Å². The van der Waals surface area contributed by atoms with Gasteiger partial charge in [0, 0.05) is 31.1 Å². The quantitative estimate of drug-likeness (QED) is 0.153. The molecule has 0 saturated carbocycles. The van der Waals surface area contributed by atoms with Gasteiger partial charge in [0.25, 0.3) is 0 Å². The Bertz CT molecular complexity index is 1180. The van der Waals surface area contributed by atoms with Crippen LogP contribution in [0.4, 0.5) is 0 Å². The van der Waals surface area contributed by atoms with E-state index in [1.165, 1.54) is 16.9 Å². The van der Waals surface area contributed by atoms with Crippen LogP contribution in [0.1, 0.15) is 53.9 Å². The van der Waals surface area contributed by atoms with Gasteiger partial charge in [0.15, 0.2) is 11.0 Å². The Morgan fingerprint density at radius 1 is 1.15 bits per heavy atom. The fourth-order valence-electron chi connectivity index (χ4n) is 5.23. The zero-order valence-corrected chi connectivity index (χ0v) is 22.6. The van der Waals surface area contributed by atoms with Crippen LogP contribution in [-0.4, -0.2) is 82.0 Å². The Balaban J connectivity index is 1.33. The lowest BCUT2D eigenvalue weighted by Crippen LogP contribution is -2.60. The van der Waals surface area contributed by atoms with Gasteiger partial charge in [-0.25, -0.2) is 4.98 Å². The van der Waals surface area contributed by atoms with Crippen LogP contribution in [0.2, 0.25) is 0 Å². The molecule has 3 heterocycles. The highest BCUT2D eigenvalue weighted by molar-refractivity contribution is 7.11. The van der Waals surface area contributed by atoms with Crippen LogP contribution in [0.5, 0.6) is 0 Å². The maximum absolute atomic E-state index is 13.3. The molecule has 2 saturated heterocycles. The summed E-state index contributed by atoms with van der Waals surface area (Å²) in [6.45, 7) is 0.704. The lowest BCUT2D eigenvalue weighted by molar-refractivity contribution is -0.151. The average molecular weight is 554 g/mol. The van der Waals surface area contributed by atoms with Crippen molar-refractivity contribution in [3.05, 3.63) is 52.5 Å². The number of benzene rings is 1. The third kappa shape index (κ3) is 7.41. The van der Waals surface area contributed by atoms with Crippen molar-refractivity contribution < 1.29 is 19.2 Å². The normalized spacial score (nSPS) is 19.3. The molecule has 1 aromatic carbocycles. The molecule has 4 rings (SSSR count). The molecule has 0 radical (unpaired) electrons. The van der Waals surface area contributed by atoms with E-state index in [1.54, 1.807) is 21.4 Å². The van der Waals surface area contributed by atoms with E-state index in [0.29, 0.717) is 56.6 Å². The highest BCUT2D eigenvalue weighted by Gasteiger charge is 2.46. The van der Waals surface area contributed by atoms with Gasteiger partial charge in [0.05, 0.1) is 18.6 Å². The van der Waals surface area contributed by atoms with Crippen LogP contribution in [-0.2, 0) is 20.8 Å². The van der Waals surface area contributed by atoms with Gasteiger partial charge in [0.2, 0.25) is 23.5 Å². The number of ketones is 1. The highest BCUT2D eigenvalue weighted by atomic mass is 32.1. The van der Waals surface area contributed by atoms with E-state index in [9.17, 15) is 19.2 Å². The number of nitrogens with one attached hydrogen (secondary N) is 1. The Morgan fingerprint density at radius 3 is 2.67 bits per heavy atom. The minimum Gasteiger partial charge on any atom is -0.370 e. The molecule has 0 bridgehead atoms. The summed E-state index contributed by atoms with van der Waals surface area (Å²) in [6, 6.07) is 8.29. The number of nitrogens with two attached hydrogens (primary N) is 2. The molecule has 2 aromatic rings. The summed E-state index contributed by atoms with van der Waals surface area (Å²) >= 11 is 1.21. The minimum absolute atomic E-state index is 0.0360. The largest absolute Gasteiger partial charge is 0.370 e. The smallest absolute Gasteiger partial charge is 0.243 e. The van der Waals surface area contributed by atoms with Crippen LogP contribution < -0.4 is 16.8 Å². The molecule has 208 valence electrons. The van der Waals surface area contributed by atoms with Crippen LogP contribution >= 0.6 is 11.3 Å². The van der Waals surface area contributed by atoms with E-state index in [1.807, 2.05) is 30.3 Å². The number of piperazine rings is 1. The highest BCUT2D eigenvalue weighted by Crippen LogP contribution is 2.29. The molecule has 3 atom stereocenters. The zero-order chi connectivity index (χ0) is 27.8. The predicted molar refractivity (Wildman–Crippen MR) is 148 cm³/mol. The van der Waals surface area contributed by atoms with Crippen LogP contribution in [0, 0.1) is 0 Å². The Kier molecular flexibility index (Phi) is 9.64. The van der Waals surface area contributed by atoms with Crippen LogP contribution in [0.15, 0.2) is 46.9 Å². The van der Waals surface area contributed by atoms with Crippen molar-refractivity contribution in [2.75, 3.05) is 19.6 Å². The molecular formula is C27H35N7O4S. The molecule has 0 aliphatic carbocycles. The lowest BCUT2D eigenvalue weighted by Gasteiger charge is -2.39. The first-order valence-electron chi connectivity index (χ1n) is 13.3. The molecule has 3 unspecified atom stereocenters. The molecule has 11 nitrogen and oxygen atoms in total. The molecule has 39 heavy (non-hydrogen) atoms. The molecule has 2 fully saturated rings. The first-order valence-corrected chi connectivity index (χ1v) is 14.1. The predicted octanol–water partition coefficient (Wildman–Crippen LogP) is 1.09. The van der Waals surface area contributed by atoms with Crippen LogP contribution in [0.3, 0.4) is 0 Å². The van der Waals surface area contributed by atoms with Gasteiger partial charge in [-0.2, -0.15) is 0 Å². The molecular weight excluding hydrogens is 518 g/mol. The van der Waals surface area contributed by atoms with E-state index >= 15 is 0 Å². The summed E-state index contributed by atoms with van der Waals surface area (Å²) in [6.07, 6.45) is 5.34. The van der Waals surface area contributed by atoms with E-state index in [0.717, 1.165) is 6.42 Å². The maximum atomic E-state index is 13.3. The second-order valence-corrected chi connectivity index (χ2v) is 10.8. The summed E-state index contributed by atoms with van der Waals surface area (Å²) in [7, 11) is 0. The van der Waals surface area contributed by atoms with Gasteiger partial charge in [0.1, 0.15) is 6.04 Å². The van der Waals surface area contributed by atoms with Gasteiger partial charge in [-0.3, -0.25) is 24.2 Å². The number of hydrogen-bond acceptors (Lipinski definition) is 7. The number of hydrogen-bond donors (Lipinski definition) is 3. The molecule has 12 heteroatoms. The first-order chi connectivity index (χ1) is 18.8. The van der Waals surface area contributed by atoms with Gasteiger partial charge in [-0.1, -0.05) is 30.3 Å². The summed E-state index contributed by atoms with van der Waals surface area (Å²) in [5, 5.41) is 4.87. The number of fused-ring (bicyclic) bond motifs is 1. The summed E-state index contributed by atoms with van der Waals surface area (Å²) in [5.41, 5.74) is 11.9. The number of aryl methyl sites for hydroxylation is 1. The second kappa shape index (κ2) is 13.3. The van der Waals surface area contributed by atoms with Gasteiger partial charge in [-0.15, -0.1) is 11.3 Å². The second-order valence-electron chi connectivity index (χ2n) is 9.87. The fourth-order valence-corrected chi connectivity index (χ4v) is 5.86. The molecule has 1 aromatic heterocycles. The first kappa shape index (κ1) is 28.2. The number of nitrogens with zero attached hydrogens (tertiary/aromatic N) is 4. The van der Waals surface area contributed by atoms with E-state index in [2.05, 4.69) is 15.3 Å². The Hall–Kier alpha value is -3.80. The molecule has 0 spiro atoms. The summed E-state index contributed by atoms with van der Waals surface area (Å²) in [5.74, 6) is -0.969. The van der Waals surface area contributed by atoms with Crippen molar-refractivity contribution in [3.63, 3.8) is 0 Å². The number of amides is 3. The van der Waals surface area contributed by atoms with Crippen molar-refractivity contribution in [2.24, 2.45) is 16.5 Å². The van der Waals surface area contributed by atoms with E-state index in [-0.39, 0.29) is 42.1 Å². The number of aromatic nitrogens is 1. The van der Waals surface area contributed by atoms with Crippen molar-refractivity contribution in [1.82, 2.24) is 20.1 Å². The number of rotatable bonds is 12. The fraction of sp³-hybridized carbons (Fsp3) is 0.481. The summed E-state index contributed by atoms with van der Waals surface area (Å²) < 4.78 is 0. The van der Waals surface area contributed by atoms with Crippen LogP contribution in [0.25, 0.3) is 0 Å². The van der Waals surface area contributed by atoms with Gasteiger partial charge in [-0.05, 0) is 44.1 Å². The number of guanidine groups is 1. The van der Waals surface area contributed by atoms with Crippen molar-refractivity contribution in [3.8, 4) is 0 Å². The Labute approximate surface area is 231 Å². The van der Waals surface area contributed by atoms with E-state index < -0.39 is 12.1 Å². The van der Waals surface area contributed by atoms with Crippen molar-refractivity contribution >= 4 is 40.8 Å². The standard InChI is InChI=1S/C27H35N7O4S/c28-27(29)31-13-5-9-20(24(37)26-30-14-15-39-26)32-25(38)21-12-11-19-16-33(17-23(36)34(19)21)22(35)10-4-8-18-6-2-1-3-7-18/h1-3,6-7,14-15,19-21H,4-5,8-13,16-17H2,(H,32,38)(H4,28,29,31). The Morgan fingerprint density at radius 2 is 1.95 bits per heavy atom. The third-order valence-corrected chi connectivity index (χ3v) is 7.91. The average Bonchev–Trinajstić information content (AvgIpc) is 3.61. The number of thiazole rings is 1. The van der Waals surface area contributed by atoms with Crippen molar-refractivity contribution in [2.45, 2.75) is 63.1 Å². The number of carbonyl (C=O) groups is 4. The third-order valence-electron chi connectivity index (χ3n) is 7.12. The monoisotopic (exact) mass is 553 g/mol. The maximum Gasteiger partial charge on any atom is 0.243 e. The summed E-state index contributed by atoms with van der Waals surface area (Å²) in [4.78, 5) is 63.6. The number of aliphatic imine (C=N–C) groups is 1. The number of carbonyl (C=O) groups excluding carboxylic acids is 4. The SMILES string of the molecule is NC(N)=NCCCC(NC(=O)C1CCC2CN(C(=O)CCCc3ccccc3)CC(=O)N21)C(=O)c1nccs1. The van der Waals surface area contributed by atoms with Gasteiger partial charge >= 0.3 is 0 Å². The molecule has 5 N–H and O–H groups in total. The molecule has 2 aliphatic heterocycles. The molecule has 3 amide bonds. The lowest BCUT2D eigenvalue weighted by atomic mass is 10.1. The van der Waals surface area contributed by atoms with E-state index in [4.69, 9.17) is 11.5 Å².